The predicted molar refractivity (Wildman–Crippen MR) is 123 cm³/mol. The van der Waals surface area contributed by atoms with Crippen molar-refractivity contribution in [1.82, 2.24) is 9.80 Å². The van der Waals surface area contributed by atoms with E-state index in [2.05, 4.69) is 10.2 Å². The Morgan fingerprint density at radius 3 is 1.70 bits per heavy atom. The largest absolute Gasteiger partial charge is 0.336 e. The first kappa shape index (κ1) is 22.6. The number of nitrogens with one attached hydrogen (secondary N) is 1. The van der Waals surface area contributed by atoms with Gasteiger partial charge in [0.2, 0.25) is 5.91 Å². The molecule has 1 aliphatic rings. The molecule has 1 aliphatic heterocycles. The van der Waals surface area contributed by atoms with Crippen LogP contribution < -0.4 is 5.32 Å². The number of rotatable bonds is 5. The van der Waals surface area contributed by atoms with Crippen molar-refractivity contribution < 1.29 is 18.4 Å². The molecule has 0 radical (unpaired) electrons. The molecule has 0 aliphatic carbocycles. The summed E-state index contributed by atoms with van der Waals surface area (Å²) in [4.78, 5) is 28.2. The van der Waals surface area contributed by atoms with Crippen molar-refractivity contribution in [2.45, 2.75) is 13.0 Å². The molecular weight excluding hydrogens is 424 g/mol. The molecule has 0 saturated carbocycles. The van der Waals surface area contributed by atoms with Crippen molar-refractivity contribution >= 4 is 17.5 Å². The summed E-state index contributed by atoms with van der Waals surface area (Å²) in [6.45, 7) is 3.74. The lowest BCUT2D eigenvalue weighted by Gasteiger charge is -2.39. The van der Waals surface area contributed by atoms with E-state index < -0.39 is 0 Å². The summed E-state index contributed by atoms with van der Waals surface area (Å²) in [5.74, 6) is -0.848. The number of nitrogens with zero attached hydrogens (tertiary/aromatic N) is 2. The minimum absolute atomic E-state index is 0.0656. The van der Waals surface area contributed by atoms with Gasteiger partial charge < -0.3 is 10.2 Å². The van der Waals surface area contributed by atoms with Crippen LogP contribution in [-0.4, -0.2) is 47.8 Å². The summed E-state index contributed by atoms with van der Waals surface area (Å²) in [5, 5.41) is 2.69. The molecule has 2 amide bonds. The van der Waals surface area contributed by atoms with Crippen LogP contribution in [0.4, 0.5) is 14.5 Å². The molecule has 3 aromatic rings. The first-order valence-corrected chi connectivity index (χ1v) is 10.8. The van der Waals surface area contributed by atoms with Crippen LogP contribution in [0.5, 0.6) is 0 Å². The Hall–Kier alpha value is -3.58. The quantitative estimate of drug-likeness (QED) is 0.625. The van der Waals surface area contributed by atoms with Gasteiger partial charge in [0, 0.05) is 44.4 Å². The van der Waals surface area contributed by atoms with Gasteiger partial charge in [0.15, 0.2) is 0 Å². The van der Waals surface area contributed by atoms with E-state index in [1.165, 1.54) is 31.2 Å². The molecule has 0 atom stereocenters. The van der Waals surface area contributed by atoms with E-state index in [0.717, 1.165) is 11.1 Å². The topological polar surface area (TPSA) is 52.7 Å². The van der Waals surface area contributed by atoms with E-state index in [-0.39, 0.29) is 29.5 Å². The van der Waals surface area contributed by atoms with Crippen LogP contribution in [0.2, 0.25) is 0 Å². The molecule has 1 fully saturated rings. The number of carbonyl (C=O) groups is 2. The third-order valence-corrected chi connectivity index (χ3v) is 5.79. The first-order chi connectivity index (χ1) is 15.9. The van der Waals surface area contributed by atoms with Gasteiger partial charge in [-0.3, -0.25) is 14.5 Å². The average molecular weight is 450 g/mol. The number of anilines is 1. The summed E-state index contributed by atoms with van der Waals surface area (Å²) in [6, 6.07) is 19.4. The monoisotopic (exact) mass is 449 g/mol. The Morgan fingerprint density at radius 1 is 0.758 bits per heavy atom. The SMILES string of the molecule is CC(=O)Nc1ccc(C(=O)N2CCN(C(c3ccc(F)cc3)c3ccc(F)cc3)CC2)cc1. The van der Waals surface area contributed by atoms with Gasteiger partial charge in [0.05, 0.1) is 6.04 Å². The lowest BCUT2D eigenvalue weighted by Crippen LogP contribution is -2.49. The maximum absolute atomic E-state index is 13.5. The summed E-state index contributed by atoms with van der Waals surface area (Å²) in [5.41, 5.74) is 3.03. The van der Waals surface area contributed by atoms with Crippen molar-refractivity contribution in [3.63, 3.8) is 0 Å². The van der Waals surface area contributed by atoms with Crippen molar-refractivity contribution in [2.75, 3.05) is 31.5 Å². The van der Waals surface area contributed by atoms with Gasteiger partial charge in [-0.15, -0.1) is 0 Å². The fourth-order valence-electron chi connectivity index (χ4n) is 4.17. The molecule has 170 valence electrons. The normalized spacial score (nSPS) is 14.4. The molecule has 0 aromatic heterocycles. The summed E-state index contributed by atoms with van der Waals surface area (Å²) < 4.78 is 27.0. The Kier molecular flexibility index (Phi) is 6.79. The standard InChI is InChI=1S/C26H25F2N3O2/c1-18(32)29-24-12-6-21(7-13-24)26(33)31-16-14-30(15-17-31)25(19-2-8-22(27)9-3-19)20-4-10-23(28)11-5-20/h2-13,25H,14-17H2,1H3,(H,29,32). The molecule has 1 N–H and O–H groups in total. The second kappa shape index (κ2) is 9.92. The molecule has 7 heteroatoms. The number of halogens is 2. The van der Waals surface area contributed by atoms with E-state index in [0.29, 0.717) is 37.4 Å². The van der Waals surface area contributed by atoms with Gasteiger partial charge in [-0.2, -0.15) is 0 Å². The van der Waals surface area contributed by atoms with E-state index in [9.17, 15) is 18.4 Å². The zero-order chi connectivity index (χ0) is 23.4. The van der Waals surface area contributed by atoms with Crippen molar-refractivity contribution in [2.24, 2.45) is 0 Å². The number of amides is 2. The minimum atomic E-state index is -0.309. The highest BCUT2D eigenvalue weighted by Gasteiger charge is 2.28. The lowest BCUT2D eigenvalue weighted by molar-refractivity contribution is -0.114. The molecule has 0 unspecified atom stereocenters. The Morgan fingerprint density at radius 2 is 1.24 bits per heavy atom. The zero-order valence-electron chi connectivity index (χ0n) is 18.3. The second-order valence-electron chi connectivity index (χ2n) is 8.09. The highest BCUT2D eigenvalue weighted by Crippen LogP contribution is 2.30. The molecule has 1 saturated heterocycles. The number of piperazine rings is 1. The average Bonchev–Trinajstić information content (AvgIpc) is 2.82. The molecule has 3 aromatic carbocycles. The molecule has 5 nitrogen and oxygen atoms in total. The number of benzene rings is 3. The molecule has 1 heterocycles. The van der Waals surface area contributed by atoms with Crippen LogP contribution in [0, 0.1) is 11.6 Å². The van der Waals surface area contributed by atoms with E-state index in [1.807, 2.05) is 0 Å². The highest BCUT2D eigenvalue weighted by molar-refractivity contribution is 5.95. The summed E-state index contributed by atoms with van der Waals surface area (Å²) in [6.07, 6.45) is 0. The second-order valence-corrected chi connectivity index (χ2v) is 8.09. The van der Waals surface area contributed by atoms with Gasteiger partial charge in [-0.05, 0) is 59.7 Å². The van der Waals surface area contributed by atoms with Gasteiger partial charge in [-0.25, -0.2) is 8.78 Å². The van der Waals surface area contributed by atoms with Crippen molar-refractivity contribution in [1.29, 1.82) is 0 Å². The van der Waals surface area contributed by atoms with E-state index in [1.54, 1.807) is 53.4 Å². The summed E-state index contributed by atoms with van der Waals surface area (Å²) >= 11 is 0. The molecular formula is C26H25F2N3O2. The fourth-order valence-corrected chi connectivity index (χ4v) is 4.17. The molecule has 0 spiro atoms. The maximum atomic E-state index is 13.5. The molecule has 0 bridgehead atoms. The van der Waals surface area contributed by atoms with Crippen LogP contribution >= 0.6 is 0 Å². The van der Waals surface area contributed by atoms with Gasteiger partial charge in [0.25, 0.3) is 5.91 Å². The van der Waals surface area contributed by atoms with Crippen molar-refractivity contribution in [3.05, 3.63) is 101 Å². The lowest BCUT2D eigenvalue weighted by atomic mass is 9.96. The predicted octanol–water partition coefficient (Wildman–Crippen LogP) is 4.47. The number of carbonyl (C=O) groups excluding carboxylic acids is 2. The minimum Gasteiger partial charge on any atom is -0.336 e. The third kappa shape index (κ3) is 5.43. The highest BCUT2D eigenvalue weighted by atomic mass is 19.1. The van der Waals surface area contributed by atoms with Crippen LogP contribution in [0.1, 0.15) is 34.5 Å². The zero-order valence-corrected chi connectivity index (χ0v) is 18.3. The Labute approximate surface area is 191 Å². The smallest absolute Gasteiger partial charge is 0.253 e. The summed E-state index contributed by atoms with van der Waals surface area (Å²) in [7, 11) is 0. The van der Waals surface area contributed by atoms with Gasteiger partial charge in [-0.1, -0.05) is 24.3 Å². The van der Waals surface area contributed by atoms with Crippen LogP contribution in [0.15, 0.2) is 72.8 Å². The van der Waals surface area contributed by atoms with Crippen molar-refractivity contribution in [3.8, 4) is 0 Å². The first-order valence-electron chi connectivity index (χ1n) is 10.8. The maximum Gasteiger partial charge on any atom is 0.253 e. The molecule has 4 rings (SSSR count). The van der Waals surface area contributed by atoms with E-state index in [4.69, 9.17) is 0 Å². The number of hydrogen-bond acceptors (Lipinski definition) is 3. The van der Waals surface area contributed by atoms with Crippen LogP contribution in [0.25, 0.3) is 0 Å². The Balaban J connectivity index is 1.48. The fraction of sp³-hybridized carbons (Fsp3) is 0.231. The van der Waals surface area contributed by atoms with Crippen LogP contribution in [0.3, 0.4) is 0 Å². The van der Waals surface area contributed by atoms with Gasteiger partial charge >= 0.3 is 0 Å². The molecule has 33 heavy (non-hydrogen) atoms. The van der Waals surface area contributed by atoms with Gasteiger partial charge in [0.1, 0.15) is 11.6 Å². The number of hydrogen-bond donors (Lipinski definition) is 1. The third-order valence-electron chi connectivity index (χ3n) is 5.79. The van der Waals surface area contributed by atoms with Crippen LogP contribution in [-0.2, 0) is 4.79 Å². The van der Waals surface area contributed by atoms with E-state index >= 15 is 0 Å². The Bertz CT molecular complexity index is 1060.